The molecule has 3 rings (SSSR count). The van der Waals surface area contributed by atoms with Crippen molar-refractivity contribution in [3.63, 3.8) is 0 Å². The van der Waals surface area contributed by atoms with Gasteiger partial charge in [0.15, 0.2) is 5.76 Å². The van der Waals surface area contributed by atoms with Gasteiger partial charge in [0.2, 0.25) is 0 Å². The summed E-state index contributed by atoms with van der Waals surface area (Å²) in [7, 11) is 0. The average Bonchev–Trinajstić information content (AvgIpc) is 3.03. The predicted octanol–water partition coefficient (Wildman–Crippen LogP) is 3.28. The van der Waals surface area contributed by atoms with Crippen LogP contribution in [0.1, 0.15) is 37.2 Å². The van der Waals surface area contributed by atoms with Gasteiger partial charge in [-0.1, -0.05) is 13.8 Å². The SMILES string of the molecule is CC(C)C1CCCN1C(=O)c1cc2cc(N)ccc2o1. The zero-order chi connectivity index (χ0) is 14.3. The van der Waals surface area contributed by atoms with E-state index >= 15 is 0 Å². The Morgan fingerprint density at radius 1 is 1.40 bits per heavy atom. The summed E-state index contributed by atoms with van der Waals surface area (Å²) in [5.74, 6) is 0.885. The van der Waals surface area contributed by atoms with Gasteiger partial charge >= 0.3 is 0 Å². The van der Waals surface area contributed by atoms with Crippen LogP contribution in [0.2, 0.25) is 0 Å². The van der Waals surface area contributed by atoms with E-state index < -0.39 is 0 Å². The van der Waals surface area contributed by atoms with Crippen molar-refractivity contribution in [3.05, 3.63) is 30.0 Å². The van der Waals surface area contributed by atoms with E-state index in [2.05, 4.69) is 13.8 Å². The van der Waals surface area contributed by atoms with Gasteiger partial charge < -0.3 is 15.1 Å². The van der Waals surface area contributed by atoms with Gasteiger partial charge in [-0.05, 0) is 43.0 Å². The Hall–Kier alpha value is -1.97. The van der Waals surface area contributed by atoms with Gasteiger partial charge in [-0.15, -0.1) is 0 Å². The van der Waals surface area contributed by atoms with Crippen molar-refractivity contribution in [2.24, 2.45) is 5.92 Å². The maximum atomic E-state index is 12.6. The molecule has 0 bridgehead atoms. The second-order valence-electron chi connectivity index (χ2n) is 5.86. The molecule has 2 aromatic rings. The van der Waals surface area contributed by atoms with Crippen molar-refractivity contribution >= 4 is 22.6 Å². The fourth-order valence-electron chi connectivity index (χ4n) is 3.05. The van der Waals surface area contributed by atoms with Crippen molar-refractivity contribution < 1.29 is 9.21 Å². The highest BCUT2D eigenvalue weighted by Crippen LogP contribution is 2.28. The van der Waals surface area contributed by atoms with Gasteiger partial charge in [0.1, 0.15) is 5.58 Å². The number of furan rings is 1. The molecule has 0 saturated carbocycles. The Labute approximate surface area is 118 Å². The summed E-state index contributed by atoms with van der Waals surface area (Å²) in [6, 6.07) is 7.54. The van der Waals surface area contributed by atoms with Crippen molar-refractivity contribution in [2.75, 3.05) is 12.3 Å². The average molecular weight is 272 g/mol. The molecular formula is C16H20N2O2. The number of fused-ring (bicyclic) bond motifs is 1. The van der Waals surface area contributed by atoms with Gasteiger partial charge in [-0.3, -0.25) is 4.79 Å². The van der Waals surface area contributed by atoms with Gasteiger partial charge in [0.05, 0.1) is 0 Å². The zero-order valence-electron chi connectivity index (χ0n) is 11.9. The highest BCUT2D eigenvalue weighted by Gasteiger charge is 2.32. The van der Waals surface area contributed by atoms with E-state index in [0.717, 1.165) is 24.8 Å². The lowest BCUT2D eigenvalue weighted by molar-refractivity contribution is 0.0671. The third-order valence-corrected chi connectivity index (χ3v) is 4.08. The lowest BCUT2D eigenvalue weighted by Gasteiger charge is -2.26. The number of rotatable bonds is 2. The molecule has 1 fully saturated rings. The van der Waals surface area contributed by atoms with Crippen molar-refractivity contribution in [1.29, 1.82) is 0 Å². The number of amides is 1. The number of benzene rings is 1. The summed E-state index contributed by atoms with van der Waals surface area (Å²) < 4.78 is 5.68. The molecule has 1 aromatic carbocycles. The molecule has 2 N–H and O–H groups in total. The third kappa shape index (κ3) is 2.15. The molecule has 4 nitrogen and oxygen atoms in total. The number of hydrogen-bond donors (Lipinski definition) is 1. The van der Waals surface area contributed by atoms with Crippen LogP contribution in [0, 0.1) is 5.92 Å². The summed E-state index contributed by atoms with van der Waals surface area (Å²) in [6.45, 7) is 5.14. The number of carbonyl (C=O) groups is 1. The van der Waals surface area contributed by atoms with Crippen LogP contribution in [0.4, 0.5) is 5.69 Å². The summed E-state index contributed by atoms with van der Waals surface area (Å²) in [4.78, 5) is 14.6. The molecule has 1 aliphatic rings. The molecule has 0 aliphatic carbocycles. The monoisotopic (exact) mass is 272 g/mol. The minimum Gasteiger partial charge on any atom is -0.451 e. The Bertz CT molecular complexity index is 645. The normalized spacial score (nSPS) is 19.1. The molecule has 20 heavy (non-hydrogen) atoms. The highest BCUT2D eigenvalue weighted by molar-refractivity contribution is 5.97. The molecule has 1 aliphatic heterocycles. The maximum Gasteiger partial charge on any atom is 0.289 e. The van der Waals surface area contributed by atoms with E-state index in [4.69, 9.17) is 10.2 Å². The molecule has 4 heteroatoms. The van der Waals surface area contributed by atoms with Gasteiger partial charge in [0.25, 0.3) is 5.91 Å². The number of carbonyl (C=O) groups excluding carboxylic acids is 1. The van der Waals surface area contributed by atoms with Crippen LogP contribution in [0.25, 0.3) is 11.0 Å². The number of hydrogen-bond acceptors (Lipinski definition) is 3. The number of likely N-dealkylation sites (tertiary alicyclic amines) is 1. The Kier molecular flexibility index (Phi) is 3.16. The first-order chi connectivity index (χ1) is 9.56. The van der Waals surface area contributed by atoms with Crippen LogP contribution in [-0.4, -0.2) is 23.4 Å². The Balaban J connectivity index is 1.92. The molecule has 2 heterocycles. The summed E-state index contributed by atoms with van der Waals surface area (Å²) >= 11 is 0. The fraction of sp³-hybridized carbons (Fsp3) is 0.438. The Morgan fingerprint density at radius 2 is 2.20 bits per heavy atom. The van der Waals surface area contributed by atoms with Crippen LogP contribution < -0.4 is 5.73 Å². The lowest BCUT2D eigenvalue weighted by Crippen LogP contribution is -2.38. The number of nitrogen functional groups attached to an aromatic ring is 1. The van der Waals surface area contributed by atoms with Gasteiger partial charge in [0, 0.05) is 23.7 Å². The first-order valence-corrected chi connectivity index (χ1v) is 7.16. The van der Waals surface area contributed by atoms with Crippen LogP contribution in [-0.2, 0) is 0 Å². The predicted molar refractivity (Wildman–Crippen MR) is 79.5 cm³/mol. The third-order valence-electron chi connectivity index (χ3n) is 4.08. The van der Waals surface area contributed by atoms with Crippen LogP contribution >= 0.6 is 0 Å². The second-order valence-corrected chi connectivity index (χ2v) is 5.86. The summed E-state index contributed by atoms with van der Waals surface area (Å²) in [5, 5.41) is 0.883. The van der Waals surface area contributed by atoms with Crippen molar-refractivity contribution in [2.45, 2.75) is 32.7 Å². The lowest BCUT2D eigenvalue weighted by atomic mass is 10.0. The molecule has 1 atom stereocenters. The number of anilines is 1. The largest absolute Gasteiger partial charge is 0.451 e. The zero-order valence-corrected chi connectivity index (χ0v) is 11.9. The molecular weight excluding hydrogens is 252 g/mol. The molecule has 1 unspecified atom stereocenters. The summed E-state index contributed by atoms with van der Waals surface area (Å²) in [5.41, 5.74) is 7.15. The van der Waals surface area contributed by atoms with E-state index in [9.17, 15) is 4.79 Å². The number of nitrogens with two attached hydrogens (primary N) is 1. The van der Waals surface area contributed by atoms with E-state index in [1.807, 2.05) is 17.0 Å². The molecule has 1 amide bonds. The van der Waals surface area contributed by atoms with Crippen molar-refractivity contribution in [1.82, 2.24) is 4.90 Å². The van der Waals surface area contributed by atoms with Gasteiger partial charge in [-0.2, -0.15) is 0 Å². The minimum absolute atomic E-state index is 0.00373. The molecule has 0 spiro atoms. The van der Waals surface area contributed by atoms with Crippen LogP contribution in [0.5, 0.6) is 0 Å². The minimum atomic E-state index is -0.00373. The molecule has 106 valence electrons. The van der Waals surface area contributed by atoms with E-state index in [1.54, 1.807) is 12.1 Å². The van der Waals surface area contributed by atoms with Gasteiger partial charge in [-0.25, -0.2) is 0 Å². The van der Waals surface area contributed by atoms with Crippen molar-refractivity contribution in [3.8, 4) is 0 Å². The number of nitrogens with zero attached hydrogens (tertiary/aromatic N) is 1. The topological polar surface area (TPSA) is 59.5 Å². The summed E-state index contributed by atoms with van der Waals surface area (Å²) in [6.07, 6.45) is 2.15. The fourth-order valence-corrected chi connectivity index (χ4v) is 3.05. The first kappa shape index (κ1) is 13.0. The van der Waals surface area contributed by atoms with Crippen LogP contribution in [0.3, 0.4) is 0 Å². The van der Waals surface area contributed by atoms with E-state index in [1.165, 1.54) is 0 Å². The van der Waals surface area contributed by atoms with E-state index in [0.29, 0.717) is 29.0 Å². The molecule has 0 radical (unpaired) electrons. The standard InChI is InChI=1S/C16H20N2O2/c1-10(2)13-4-3-7-18(13)16(19)15-9-11-8-12(17)5-6-14(11)20-15/h5-6,8-10,13H,3-4,7,17H2,1-2H3. The first-order valence-electron chi connectivity index (χ1n) is 7.16. The van der Waals surface area contributed by atoms with E-state index in [-0.39, 0.29) is 5.91 Å². The maximum absolute atomic E-state index is 12.6. The second kappa shape index (κ2) is 4.85. The highest BCUT2D eigenvalue weighted by atomic mass is 16.3. The smallest absolute Gasteiger partial charge is 0.289 e. The van der Waals surface area contributed by atoms with Crippen LogP contribution in [0.15, 0.2) is 28.7 Å². The molecule has 1 aromatic heterocycles. The molecule has 1 saturated heterocycles. The quantitative estimate of drug-likeness (QED) is 0.853. The Morgan fingerprint density at radius 3 is 2.95 bits per heavy atom.